The standard InChI is InChI=1S/C12H26.C10H22/c1-4-5-6-7-8-9-10-11-12(2)3;1-4-5-6-7-8-9-10(2)3/h12H,4-11H2,1-3H3;10H,4-9H2,1-3H3. The maximum atomic E-state index is 2.32. The van der Waals surface area contributed by atoms with Crippen molar-refractivity contribution in [2.24, 2.45) is 11.8 Å². The molecule has 0 aromatic heterocycles. The fourth-order valence-corrected chi connectivity index (χ4v) is 2.67. The first kappa shape index (κ1) is 24.3. The average Bonchev–Trinajstić information content (AvgIpc) is 2.46. The quantitative estimate of drug-likeness (QED) is 0.281. The largest absolute Gasteiger partial charge is 0.0654 e. The lowest BCUT2D eigenvalue weighted by molar-refractivity contribution is 0.511. The highest BCUT2D eigenvalue weighted by molar-refractivity contribution is 4.48. The smallest absolute Gasteiger partial charge is 0.0471 e. The second kappa shape index (κ2) is 21.0. The second-order valence-electron chi connectivity index (χ2n) is 7.90. The Morgan fingerprint density at radius 1 is 0.409 bits per heavy atom. The van der Waals surface area contributed by atoms with E-state index in [0.717, 1.165) is 11.8 Å². The SMILES string of the molecule is CCCCCCCC(C)C.CCCCCCCCCC(C)C. The van der Waals surface area contributed by atoms with Crippen molar-refractivity contribution in [1.29, 1.82) is 0 Å². The van der Waals surface area contributed by atoms with E-state index in [1.165, 1.54) is 89.9 Å². The first-order valence-electron chi connectivity index (χ1n) is 10.5. The number of hydrogen-bond donors (Lipinski definition) is 0. The summed E-state index contributed by atoms with van der Waals surface area (Å²) in [5.74, 6) is 1.81. The van der Waals surface area contributed by atoms with Crippen LogP contribution in [-0.2, 0) is 0 Å². The van der Waals surface area contributed by atoms with Crippen molar-refractivity contribution < 1.29 is 0 Å². The summed E-state index contributed by atoms with van der Waals surface area (Å²) < 4.78 is 0. The molecule has 0 nitrogen and oxygen atoms in total. The predicted octanol–water partition coefficient (Wildman–Crippen LogP) is 8.79. The molecule has 0 atom stereocenters. The summed E-state index contributed by atoms with van der Waals surface area (Å²) in [6, 6.07) is 0. The Kier molecular flexibility index (Phi) is 23.2. The molecular weight excluding hydrogens is 264 g/mol. The minimum atomic E-state index is 0.903. The van der Waals surface area contributed by atoms with E-state index in [1.807, 2.05) is 0 Å². The zero-order valence-corrected chi connectivity index (χ0v) is 17.1. The van der Waals surface area contributed by atoms with Gasteiger partial charge in [0.25, 0.3) is 0 Å². The van der Waals surface area contributed by atoms with Crippen molar-refractivity contribution in [1.82, 2.24) is 0 Å². The van der Waals surface area contributed by atoms with E-state index in [9.17, 15) is 0 Å². The Morgan fingerprint density at radius 3 is 0.955 bits per heavy atom. The Hall–Kier alpha value is 0. The summed E-state index contributed by atoms with van der Waals surface area (Å²) in [7, 11) is 0. The van der Waals surface area contributed by atoms with Crippen molar-refractivity contribution in [2.45, 2.75) is 131 Å². The Labute approximate surface area is 143 Å². The monoisotopic (exact) mass is 312 g/mol. The topological polar surface area (TPSA) is 0 Å². The molecule has 0 amide bonds. The van der Waals surface area contributed by atoms with Crippen LogP contribution in [0, 0.1) is 11.8 Å². The molecule has 0 aliphatic heterocycles. The Morgan fingerprint density at radius 2 is 0.682 bits per heavy atom. The van der Waals surface area contributed by atoms with Crippen LogP contribution in [0.3, 0.4) is 0 Å². The highest BCUT2D eigenvalue weighted by Gasteiger charge is 1.94. The summed E-state index contributed by atoms with van der Waals surface area (Å²) in [6.07, 6.45) is 20.1. The molecule has 0 aliphatic rings. The van der Waals surface area contributed by atoms with E-state index in [2.05, 4.69) is 41.5 Å². The molecule has 0 saturated heterocycles. The first-order chi connectivity index (χ1) is 10.5. The summed E-state index contributed by atoms with van der Waals surface area (Å²) >= 11 is 0. The molecule has 0 bridgehead atoms. The van der Waals surface area contributed by atoms with Gasteiger partial charge in [-0.25, -0.2) is 0 Å². The van der Waals surface area contributed by atoms with Gasteiger partial charge in [-0.1, -0.05) is 131 Å². The van der Waals surface area contributed by atoms with E-state index >= 15 is 0 Å². The molecule has 0 unspecified atom stereocenters. The first-order valence-corrected chi connectivity index (χ1v) is 10.5. The zero-order chi connectivity index (χ0) is 17.1. The predicted molar refractivity (Wildman–Crippen MR) is 106 cm³/mol. The number of hydrogen-bond acceptors (Lipinski definition) is 0. The van der Waals surface area contributed by atoms with Gasteiger partial charge in [-0.15, -0.1) is 0 Å². The van der Waals surface area contributed by atoms with Gasteiger partial charge in [0.2, 0.25) is 0 Å². The minimum absolute atomic E-state index is 0.903. The van der Waals surface area contributed by atoms with E-state index in [1.54, 1.807) is 0 Å². The third-order valence-electron chi connectivity index (χ3n) is 4.27. The Bertz CT molecular complexity index is 169. The molecule has 0 heteroatoms. The van der Waals surface area contributed by atoms with Crippen LogP contribution in [0.25, 0.3) is 0 Å². The Balaban J connectivity index is 0. The van der Waals surface area contributed by atoms with Gasteiger partial charge < -0.3 is 0 Å². The molecule has 0 radical (unpaired) electrons. The van der Waals surface area contributed by atoms with Crippen LogP contribution in [0.5, 0.6) is 0 Å². The van der Waals surface area contributed by atoms with Gasteiger partial charge in [-0.2, -0.15) is 0 Å². The minimum Gasteiger partial charge on any atom is -0.0654 e. The van der Waals surface area contributed by atoms with E-state index in [0.29, 0.717) is 0 Å². The van der Waals surface area contributed by atoms with Gasteiger partial charge >= 0.3 is 0 Å². The van der Waals surface area contributed by atoms with Gasteiger partial charge in [0, 0.05) is 0 Å². The molecular formula is C22H48. The third-order valence-corrected chi connectivity index (χ3v) is 4.27. The lowest BCUT2D eigenvalue weighted by Crippen LogP contribution is -1.87. The lowest BCUT2D eigenvalue weighted by Gasteiger charge is -2.03. The summed E-state index contributed by atoms with van der Waals surface area (Å²) in [6.45, 7) is 13.8. The molecule has 0 aromatic carbocycles. The number of unbranched alkanes of at least 4 members (excludes halogenated alkanes) is 10. The highest BCUT2D eigenvalue weighted by Crippen LogP contribution is 2.11. The van der Waals surface area contributed by atoms with Crippen molar-refractivity contribution >= 4 is 0 Å². The normalized spacial score (nSPS) is 10.9. The molecule has 0 fully saturated rings. The van der Waals surface area contributed by atoms with Crippen molar-refractivity contribution in [3.05, 3.63) is 0 Å². The molecule has 0 rings (SSSR count). The fourth-order valence-electron chi connectivity index (χ4n) is 2.67. The van der Waals surface area contributed by atoms with E-state index < -0.39 is 0 Å². The molecule has 0 aliphatic carbocycles. The second-order valence-corrected chi connectivity index (χ2v) is 7.90. The van der Waals surface area contributed by atoms with Crippen LogP contribution in [-0.4, -0.2) is 0 Å². The number of rotatable bonds is 14. The molecule has 0 spiro atoms. The van der Waals surface area contributed by atoms with Crippen molar-refractivity contribution in [3.8, 4) is 0 Å². The molecule has 22 heavy (non-hydrogen) atoms. The van der Waals surface area contributed by atoms with Crippen molar-refractivity contribution in [2.75, 3.05) is 0 Å². The van der Waals surface area contributed by atoms with Crippen LogP contribution in [0.1, 0.15) is 131 Å². The van der Waals surface area contributed by atoms with E-state index in [-0.39, 0.29) is 0 Å². The maximum Gasteiger partial charge on any atom is -0.0471 e. The maximum absolute atomic E-state index is 2.32. The fraction of sp³-hybridized carbons (Fsp3) is 1.00. The van der Waals surface area contributed by atoms with Crippen molar-refractivity contribution in [3.63, 3.8) is 0 Å². The molecule has 0 N–H and O–H groups in total. The molecule has 0 saturated carbocycles. The summed E-state index contributed by atoms with van der Waals surface area (Å²) in [5.41, 5.74) is 0. The molecule has 0 aromatic rings. The van der Waals surface area contributed by atoms with Gasteiger partial charge in [0.1, 0.15) is 0 Å². The van der Waals surface area contributed by atoms with Gasteiger partial charge in [-0.05, 0) is 11.8 Å². The zero-order valence-electron chi connectivity index (χ0n) is 17.1. The highest BCUT2D eigenvalue weighted by atomic mass is 14.0. The van der Waals surface area contributed by atoms with Gasteiger partial charge in [0.05, 0.1) is 0 Å². The third kappa shape index (κ3) is 28.2. The van der Waals surface area contributed by atoms with Crippen LogP contribution >= 0.6 is 0 Å². The summed E-state index contributed by atoms with van der Waals surface area (Å²) in [4.78, 5) is 0. The van der Waals surface area contributed by atoms with Gasteiger partial charge in [0.15, 0.2) is 0 Å². The summed E-state index contributed by atoms with van der Waals surface area (Å²) in [5, 5.41) is 0. The molecule has 136 valence electrons. The van der Waals surface area contributed by atoms with Crippen LogP contribution in [0.15, 0.2) is 0 Å². The molecule has 0 heterocycles. The van der Waals surface area contributed by atoms with Crippen LogP contribution < -0.4 is 0 Å². The van der Waals surface area contributed by atoms with Crippen LogP contribution in [0.4, 0.5) is 0 Å². The van der Waals surface area contributed by atoms with Gasteiger partial charge in [-0.3, -0.25) is 0 Å². The lowest BCUT2D eigenvalue weighted by atomic mass is 10.0. The van der Waals surface area contributed by atoms with Crippen LogP contribution in [0.2, 0.25) is 0 Å². The van der Waals surface area contributed by atoms with E-state index in [4.69, 9.17) is 0 Å². The average molecular weight is 313 g/mol.